The molecule has 4 unspecified atom stereocenters. The average molecular weight is 441 g/mol. The fraction of sp³-hybridized carbons (Fsp3) is 0.778. The molecule has 0 spiro atoms. The first-order valence-corrected chi connectivity index (χ1v) is 9.24. The summed E-state index contributed by atoms with van der Waals surface area (Å²) in [5, 5.41) is 32.5. The number of nitrogens with two attached hydrogens (primary N) is 4. The molecule has 0 saturated carbocycles. The minimum atomic E-state index is -0.963. The van der Waals surface area contributed by atoms with Gasteiger partial charge in [0.1, 0.15) is 24.2 Å². The van der Waals surface area contributed by atoms with Crippen LogP contribution in [-0.4, -0.2) is 68.5 Å². The molecule has 0 heterocycles. The van der Waals surface area contributed by atoms with Gasteiger partial charge in [0.2, 0.25) is 0 Å². The zero-order valence-electron chi connectivity index (χ0n) is 18.8. The molecule has 12 nitrogen and oxygen atoms in total. The van der Waals surface area contributed by atoms with Crippen LogP contribution in [0.4, 0.5) is 0 Å². The van der Waals surface area contributed by atoms with Crippen molar-refractivity contribution >= 4 is 23.9 Å². The van der Waals surface area contributed by atoms with Crippen LogP contribution in [0, 0.1) is 17.8 Å². The molecule has 180 valence electrons. The Bertz CT molecular complexity index is 453. The number of aliphatic carboxylic acids is 4. The molecule has 0 rings (SSSR count). The molecule has 0 aliphatic rings. The molecular weight excluding hydrogens is 400 g/mol. The summed E-state index contributed by atoms with van der Waals surface area (Å²) in [5.74, 6) is -3.69. The van der Waals surface area contributed by atoms with Crippen LogP contribution < -0.4 is 22.9 Å². The van der Waals surface area contributed by atoms with E-state index in [1.165, 1.54) is 6.92 Å². The smallest absolute Gasteiger partial charge is 0.320 e. The van der Waals surface area contributed by atoms with Crippen LogP contribution in [0.25, 0.3) is 0 Å². The molecule has 0 saturated heterocycles. The van der Waals surface area contributed by atoms with Crippen molar-refractivity contribution in [1.29, 1.82) is 0 Å². The highest BCUT2D eigenvalue weighted by Gasteiger charge is 2.15. The van der Waals surface area contributed by atoms with Crippen molar-refractivity contribution in [2.24, 2.45) is 40.7 Å². The Morgan fingerprint density at radius 3 is 0.600 bits per heavy atom. The molecule has 0 amide bonds. The van der Waals surface area contributed by atoms with Crippen LogP contribution >= 0.6 is 0 Å². The summed E-state index contributed by atoms with van der Waals surface area (Å²) >= 11 is 0. The van der Waals surface area contributed by atoms with Gasteiger partial charge >= 0.3 is 23.9 Å². The quantitative estimate of drug-likeness (QED) is 0.251. The van der Waals surface area contributed by atoms with Gasteiger partial charge in [-0.2, -0.15) is 0 Å². The Morgan fingerprint density at radius 1 is 0.467 bits per heavy atom. The normalized spacial score (nSPS) is 13.9. The van der Waals surface area contributed by atoms with E-state index in [0.717, 1.165) is 0 Å². The van der Waals surface area contributed by atoms with Crippen LogP contribution in [-0.2, 0) is 19.2 Å². The van der Waals surface area contributed by atoms with E-state index in [0.29, 0.717) is 0 Å². The van der Waals surface area contributed by atoms with Crippen molar-refractivity contribution in [1.82, 2.24) is 0 Å². The molecule has 0 aromatic heterocycles. The molecule has 30 heavy (non-hydrogen) atoms. The van der Waals surface area contributed by atoms with Crippen LogP contribution in [0.15, 0.2) is 0 Å². The van der Waals surface area contributed by atoms with E-state index in [2.05, 4.69) is 0 Å². The van der Waals surface area contributed by atoms with Crippen LogP contribution in [0.2, 0.25) is 0 Å². The maximum absolute atomic E-state index is 10.0. The number of carboxylic acid groups (broad SMARTS) is 4. The SMILES string of the molecule is CC(C)C(N)C(=O)O.CC(C)C(N)C(=O)O.CC(C)C(N)C(=O)O.CC(N)C(=O)O. The Morgan fingerprint density at radius 2 is 0.600 bits per heavy atom. The van der Waals surface area contributed by atoms with E-state index >= 15 is 0 Å². The highest BCUT2D eigenvalue weighted by Crippen LogP contribution is 1.97. The van der Waals surface area contributed by atoms with Crippen molar-refractivity contribution in [3.63, 3.8) is 0 Å². The van der Waals surface area contributed by atoms with Gasteiger partial charge in [-0.25, -0.2) is 0 Å². The van der Waals surface area contributed by atoms with Gasteiger partial charge in [-0.15, -0.1) is 0 Å². The van der Waals surface area contributed by atoms with Gasteiger partial charge in [0.05, 0.1) is 0 Å². The van der Waals surface area contributed by atoms with Gasteiger partial charge in [-0.1, -0.05) is 41.5 Å². The van der Waals surface area contributed by atoms with Gasteiger partial charge in [0, 0.05) is 0 Å². The monoisotopic (exact) mass is 440 g/mol. The minimum absolute atomic E-state index is 0.0208. The summed E-state index contributed by atoms with van der Waals surface area (Å²) in [4.78, 5) is 39.6. The number of rotatable bonds is 7. The summed E-state index contributed by atoms with van der Waals surface area (Å²) in [6, 6.07) is -2.87. The first-order chi connectivity index (χ1) is 13.3. The Labute approximate surface area is 177 Å². The lowest BCUT2D eigenvalue weighted by molar-refractivity contribution is -0.140. The molecule has 0 aliphatic carbocycles. The van der Waals surface area contributed by atoms with Gasteiger partial charge in [-0.3, -0.25) is 19.2 Å². The van der Waals surface area contributed by atoms with Gasteiger partial charge in [0.15, 0.2) is 0 Å². The molecule has 0 radical (unpaired) electrons. The highest BCUT2D eigenvalue weighted by molar-refractivity contribution is 5.74. The minimum Gasteiger partial charge on any atom is -0.480 e. The molecule has 0 bridgehead atoms. The van der Waals surface area contributed by atoms with Gasteiger partial charge in [0.25, 0.3) is 0 Å². The maximum Gasteiger partial charge on any atom is 0.320 e. The third-order valence-corrected chi connectivity index (χ3v) is 3.40. The van der Waals surface area contributed by atoms with E-state index in [1.54, 1.807) is 41.5 Å². The van der Waals surface area contributed by atoms with Gasteiger partial charge in [-0.05, 0) is 24.7 Å². The first-order valence-electron chi connectivity index (χ1n) is 9.24. The fourth-order valence-corrected chi connectivity index (χ4v) is 0.855. The lowest BCUT2D eigenvalue weighted by Gasteiger charge is -2.07. The number of hydrogen-bond donors (Lipinski definition) is 8. The van der Waals surface area contributed by atoms with Crippen molar-refractivity contribution < 1.29 is 39.6 Å². The second kappa shape index (κ2) is 18.7. The summed E-state index contributed by atoms with van der Waals surface area (Å²) in [5.41, 5.74) is 20.3. The summed E-state index contributed by atoms with van der Waals surface area (Å²) < 4.78 is 0. The second-order valence-corrected chi connectivity index (χ2v) is 7.45. The predicted molar refractivity (Wildman–Crippen MR) is 113 cm³/mol. The summed E-state index contributed by atoms with van der Waals surface area (Å²) in [6.07, 6.45) is 0. The molecule has 12 N–H and O–H groups in total. The third kappa shape index (κ3) is 23.8. The second-order valence-electron chi connectivity index (χ2n) is 7.45. The highest BCUT2D eigenvalue weighted by atomic mass is 16.4. The Hall–Kier alpha value is -2.28. The number of carbonyl (C=O) groups is 4. The zero-order valence-corrected chi connectivity index (χ0v) is 18.8. The van der Waals surface area contributed by atoms with E-state index < -0.39 is 48.0 Å². The first kappa shape index (κ1) is 35.2. The van der Waals surface area contributed by atoms with Crippen LogP contribution in [0.1, 0.15) is 48.5 Å². The standard InChI is InChI=1S/3C5H11NO2.C3H7NO2/c3*1-3(2)4(6)5(7)8;1-2(4)3(5)6/h3*3-4H,6H2,1-2H3,(H,7,8);2H,4H2,1H3,(H,5,6). The van der Waals surface area contributed by atoms with Crippen LogP contribution in [0.3, 0.4) is 0 Å². The topological polar surface area (TPSA) is 253 Å². The van der Waals surface area contributed by atoms with E-state index in [-0.39, 0.29) is 17.8 Å². The molecule has 12 heteroatoms. The lowest BCUT2D eigenvalue weighted by atomic mass is 10.1. The zero-order chi connectivity index (χ0) is 25.4. The lowest BCUT2D eigenvalue weighted by Crippen LogP contribution is -2.34. The van der Waals surface area contributed by atoms with Gasteiger partial charge < -0.3 is 43.4 Å². The van der Waals surface area contributed by atoms with Crippen molar-refractivity contribution in [3.8, 4) is 0 Å². The molecule has 0 aromatic rings. The van der Waals surface area contributed by atoms with Crippen molar-refractivity contribution in [3.05, 3.63) is 0 Å². The predicted octanol–water partition coefficient (Wildman–Crippen LogP) is -0.419. The molecule has 4 atom stereocenters. The number of carboxylic acids is 4. The third-order valence-electron chi connectivity index (χ3n) is 3.40. The summed E-state index contributed by atoms with van der Waals surface area (Å²) in [6.45, 7) is 12.1. The Balaban J connectivity index is -0.000000151. The molecular formula is C18H40N4O8. The van der Waals surface area contributed by atoms with Crippen molar-refractivity contribution in [2.45, 2.75) is 72.6 Å². The fourth-order valence-electron chi connectivity index (χ4n) is 0.855. The molecule has 0 fully saturated rings. The van der Waals surface area contributed by atoms with Crippen molar-refractivity contribution in [2.75, 3.05) is 0 Å². The maximum atomic E-state index is 10.0. The van der Waals surface area contributed by atoms with Crippen LogP contribution in [0.5, 0.6) is 0 Å². The molecule has 0 aromatic carbocycles. The summed E-state index contributed by atoms with van der Waals surface area (Å²) in [7, 11) is 0. The molecule has 0 aliphatic heterocycles. The number of hydrogen-bond acceptors (Lipinski definition) is 8. The largest absolute Gasteiger partial charge is 0.480 e. The van der Waals surface area contributed by atoms with E-state index in [9.17, 15) is 19.2 Å². The van der Waals surface area contributed by atoms with E-state index in [1.807, 2.05) is 0 Å². The Kier molecular flexibility index (Phi) is 22.0. The average Bonchev–Trinajstić information content (AvgIpc) is 2.60. The van der Waals surface area contributed by atoms with E-state index in [4.69, 9.17) is 43.4 Å².